The number of rotatable bonds is 7. The standard InChI is InChI=1S/C30H25F3N6O4/c1-18-25(27(41)43-2)26(24-7-6-20(16-34)14-21(24)10-13-37-11-8-19(17-40)9-12-37)39-28(35-36-29(39)42)38(18)23-5-3-4-22(15-23)30(31,32)33/h3-9,11-12,14-15,26,40H,10,13,17H2,1-2H3/p+1. The highest BCUT2D eigenvalue weighted by atomic mass is 19.4. The van der Waals surface area contributed by atoms with Crippen LogP contribution >= 0.6 is 0 Å². The number of fused-ring (bicyclic) bond motifs is 1. The molecule has 0 saturated carbocycles. The maximum absolute atomic E-state index is 13.6. The average molecular weight is 592 g/mol. The van der Waals surface area contributed by atoms with Crippen molar-refractivity contribution in [2.75, 3.05) is 12.0 Å². The number of nitrogens with one attached hydrogen (secondary N) is 1. The second kappa shape index (κ2) is 11.6. The highest BCUT2D eigenvalue weighted by Gasteiger charge is 2.41. The van der Waals surface area contributed by atoms with Gasteiger partial charge in [-0.2, -0.15) is 18.4 Å². The predicted molar refractivity (Wildman–Crippen MR) is 147 cm³/mol. The van der Waals surface area contributed by atoms with Crippen LogP contribution in [0.3, 0.4) is 0 Å². The Balaban J connectivity index is 1.68. The largest absolute Gasteiger partial charge is 0.466 e. The van der Waals surface area contributed by atoms with Gasteiger partial charge in [-0.15, -0.1) is 5.10 Å². The first-order chi connectivity index (χ1) is 20.6. The summed E-state index contributed by atoms with van der Waals surface area (Å²) < 4.78 is 49.0. The van der Waals surface area contributed by atoms with Crippen molar-refractivity contribution in [3.63, 3.8) is 0 Å². The van der Waals surface area contributed by atoms with E-state index in [4.69, 9.17) is 4.74 Å². The Labute approximate surface area is 243 Å². The van der Waals surface area contributed by atoms with Crippen molar-refractivity contribution in [3.8, 4) is 6.07 Å². The van der Waals surface area contributed by atoms with E-state index >= 15 is 0 Å². The quantitative estimate of drug-likeness (QED) is 0.248. The Morgan fingerprint density at radius 3 is 2.58 bits per heavy atom. The minimum atomic E-state index is -4.63. The van der Waals surface area contributed by atoms with Gasteiger partial charge in [0.1, 0.15) is 6.04 Å². The van der Waals surface area contributed by atoms with Crippen LogP contribution in [-0.2, 0) is 35.3 Å². The normalized spacial score (nSPS) is 14.8. The lowest BCUT2D eigenvalue weighted by atomic mass is 9.89. The first-order valence-corrected chi connectivity index (χ1v) is 13.1. The number of hydrogen-bond donors (Lipinski definition) is 2. The zero-order valence-corrected chi connectivity index (χ0v) is 23.1. The molecule has 1 atom stereocenters. The molecule has 5 rings (SSSR count). The average Bonchev–Trinajstić information content (AvgIpc) is 3.39. The molecule has 0 aliphatic carbocycles. The highest BCUT2D eigenvalue weighted by molar-refractivity contribution is 5.93. The summed E-state index contributed by atoms with van der Waals surface area (Å²) in [6, 6.07) is 14.0. The van der Waals surface area contributed by atoms with E-state index in [0.29, 0.717) is 29.7 Å². The Bertz CT molecular complexity index is 1820. The summed E-state index contributed by atoms with van der Waals surface area (Å²) in [4.78, 5) is 27.9. The lowest BCUT2D eigenvalue weighted by molar-refractivity contribution is -0.696. The van der Waals surface area contributed by atoms with Crippen LogP contribution in [0.5, 0.6) is 0 Å². The Morgan fingerprint density at radius 1 is 1.19 bits per heavy atom. The fraction of sp³-hybridized carbons (Fsp3) is 0.233. The summed E-state index contributed by atoms with van der Waals surface area (Å²) in [6.07, 6.45) is -0.640. The van der Waals surface area contributed by atoms with Gasteiger partial charge >= 0.3 is 17.8 Å². The van der Waals surface area contributed by atoms with Crippen molar-refractivity contribution < 1.29 is 32.4 Å². The smallest absolute Gasteiger partial charge is 0.416 e. The van der Waals surface area contributed by atoms with Gasteiger partial charge < -0.3 is 9.84 Å². The van der Waals surface area contributed by atoms with E-state index in [1.165, 1.54) is 28.7 Å². The molecule has 2 aromatic carbocycles. The van der Waals surface area contributed by atoms with E-state index in [1.54, 1.807) is 49.6 Å². The minimum absolute atomic E-state index is 0.0156. The number of benzene rings is 2. The summed E-state index contributed by atoms with van der Waals surface area (Å²) in [5.41, 5.74) is 0.928. The topological polar surface area (TPSA) is 128 Å². The molecule has 1 aliphatic heterocycles. The van der Waals surface area contributed by atoms with Crippen LogP contribution in [0.15, 0.2) is 83.1 Å². The Hall–Kier alpha value is -5.22. The molecule has 0 spiro atoms. The highest BCUT2D eigenvalue weighted by Crippen LogP contribution is 2.43. The number of allylic oxidation sites excluding steroid dienone is 1. The molecule has 1 unspecified atom stereocenters. The molecule has 220 valence electrons. The van der Waals surface area contributed by atoms with Crippen molar-refractivity contribution in [2.24, 2.45) is 0 Å². The van der Waals surface area contributed by atoms with Gasteiger partial charge in [-0.05, 0) is 53.9 Å². The molecule has 43 heavy (non-hydrogen) atoms. The van der Waals surface area contributed by atoms with Gasteiger partial charge in [0.15, 0.2) is 18.9 Å². The number of aromatic nitrogens is 4. The van der Waals surface area contributed by atoms with Crippen LogP contribution in [0.4, 0.5) is 24.8 Å². The van der Waals surface area contributed by atoms with Crippen LogP contribution in [0, 0.1) is 11.3 Å². The summed E-state index contributed by atoms with van der Waals surface area (Å²) >= 11 is 0. The number of halogens is 3. The summed E-state index contributed by atoms with van der Waals surface area (Å²) in [5.74, 6) is -0.814. The van der Waals surface area contributed by atoms with Crippen LogP contribution in [0.25, 0.3) is 0 Å². The SMILES string of the molecule is COC(=O)C1=C(C)N(c2cccc(C(F)(F)F)c2)c2n[nH]c(=O)n2C1c1ccc(C#N)cc1CC[n+]1ccc(CO)cc1. The van der Waals surface area contributed by atoms with E-state index in [1.807, 2.05) is 4.57 Å². The molecule has 10 nitrogen and oxygen atoms in total. The number of carbonyl (C=O) groups excluding carboxylic acids is 1. The number of ether oxygens (including phenoxy) is 1. The van der Waals surface area contributed by atoms with Crippen LogP contribution < -0.4 is 15.2 Å². The van der Waals surface area contributed by atoms with Gasteiger partial charge in [0.25, 0.3) is 0 Å². The van der Waals surface area contributed by atoms with Gasteiger partial charge in [-0.3, -0.25) is 4.90 Å². The first kappa shape index (κ1) is 29.3. The van der Waals surface area contributed by atoms with Gasteiger partial charge in [0.05, 0.1) is 36.5 Å². The van der Waals surface area contributed by atoms with Gasteiger partial charge in [-0.25, -0.2) is 23.8 Å². The number of methoxy groups -OCH3 is 1. The number of esters is 1. The monoisotopic (exact) mass is 591 g/mol. The van der Waals surface area contributed by atoms with Crippen molar-refractivity contribution in [3.05, 3.63) is 117 Å². The molecule has 0 saturated heterocycles. The summed E-state index contributed by atoms with van der Waals surface area (Å²) in [5, 5.41) is 25.5. The van der Waals surface area contributed by atoms with E-state index in [2.05, 4.69) is 16.3 Å². The Morgan fingerprint density at radius 2 is 1.93 bits per heavy atom. The fourth-order valence-electron chi connectivity index (χ4n) is 5.23. The first-order valence-electron chi connectivity index (χ1n) is 13.1. The molecular formula is C30H26F3N6O4+. The lowest BCUT2D eigenvalue weighted by Crippen LogP contribution is -2.38. The maximum atomic E-state index is 13.6. The lowest BCUT2D eigenvalue weighted by Gasteiger charge is -2.36. The molecular weight excluding hydrogens is 565 g/mol. The van der Waals surface area contributed by atoms with Crippen molar-refractivity contribution in [1.82, 2.24) is 14.8 Å². The zero-order valence-electron chi connectivity index (χ0n) is 23.1. The third-order valence-electron chi connectivity index (χ3n) is 7.33. The molecule has 0 radical (unpaired) electrons. The van der Waals surface area contributed by atoms with Crippen molar-refractivity contribution in [1.29, 1.82) is 5.26 Å². The number of aromatic amines is 1. The van der Waals surface area contributed by atoms with Gasteiger partial charge in [-0.1, -0.05) is 12.1 Å². The molecule has 13 heteroatoms. The zero-order chi connectivity index (χ0) is 30.9. The predicted octanol–water partition coefficient (Wildman–Crippen LogP) is 3.67. The number of aliphatic hydroxyl groups excluding tert-OH is 1. The maximum Gasteiger partial charge on any atom is 0.416 e. The van der Waals surface area contributed by atoms with Gasteiger partial charge in [0.2, 0.25) is 5.95 Å². The van der Waals surface area contributed by atoms with Crippen LogP contribution in [0.2, 0.25) is 0 Å². The van der Waals surface area contributed by atoms with Crippen molar-refractivity contribution in [2.45, 2.75) is 38.7 Å². The van der Waals surface area contributed by atoms with E-state index in [-0.39, 0.29) is 29.5 Å². The molecule has 3 heterocycles. The minimum Gasteiger partial charge on any atom is -0.466 e. The number of aliphatic hydroxyl groups is 1. The van der Waals surface area contributed by atoms with E-state index < -0.39 is 29.4 Å². The number of hydrogen-bond acceptors (Lipinski definition) is 7. The molecule has 1 aliphatic rings. The fourth-order valence-corrected chi connectivity index (χ4v) is 5.23. The Kier molecular flexibility index (Phi) is 7.88. The number of carbonyl (C=O) groups is 1. The number of nitrogens with zero attached hydrogens (tertiary/aromatic N) is 5. The summed E-state index contributed by atoms with van der Waals surface area (Å²) in [7, 11) is 1.17. The number of H-pyrrole nitrogens is 1. The van der Waals surface area contributed by atoms with E-state index in [9.17, 15) is 33.1 Å². The number of anilines is 2. The molecule has 2 N–H and O–H groups in total. The number of alkyl halides is 3. The van der Waals surface area contributed by atoms with Crippen molar-refractivity contribution >= 4 is 17.6 Å². The second-order valence-corrected chi connectivity index (χ2v) is 9.85. The molecule has 2 aromatic heterocycles. The molecule has 4 aromatic rings. The number of nitriles is 1. The number of aryl methyl sites for hydroxylation is 2. The van der Waals surface area contributed by atoms with Crippen LogP contribution in [-0.4, -0.2) is 33.0 Å². The van der Waals surface area contributed by atoms with E-state index in [0.717, 1.165) is 17.7 Å². The molecule has 0 amide bonds. The number of pyridine rings is 1. The third kappa shape index (κ3) is 5.52. The van der Waals surface area contributed by atoms with Crippen LogP contribution in [0.1, 0.15) is 40.8 Å². The third-order valence-corrected chi connectivity index (χ3v) is 7.33. The second-order valence-electron chi connectivity index (χ2n) is 9.85. The molecule has 0 bridgehead atoms. The molecule has 0 fully saturated rings. The summed E-state index contributed by atoms with van der Waals surface area (Å²) in [6.45, 7) is 1.91. The van der Waals surface area contributed by atoms with Gasteiger partial charge in [0, 0.05) is 29.9 Å².